The van der Waals surface area contributed by atoms with Crippen LogP contribution in [0.15, 0.2) is 18.3 Å². The molecule has 2 heterocycles. The molecule has 0 amide bonds. The molecule has 1 aliphatic heterocycles. The molecule has 2 N–H and O–H groups in total. The average Bonchev–Trinajstić information content (AvgIpc) is 2.88. The Morgan fingerprint density at radius 2 is 2.41 bits per heavy atom. The Balaban J connectivity index is 1.58. The zero-order valence-corrected chi connectivity index (χ0v) is 10.6. The number of hydrogen-bond acceptors (Lipinski definition) is 3. The summed E-state index contributed by atoms with van der Waals surface area (Å²) >= 11 is 0. The molecule has 2 rings (SSSR count). The number of aromatic amines is 1. The first kappa shape index (κ1) is 12.6. The molecule has 0 aliphatic carbocycles. The van der Waals surface area contributed by atoms with Gasteiger partial charge in [-0.05, 0) is 25.6 Å². The molecule has 0 bridgehead atoms. The van der Waals surface area contributed by atoms with E-state index in [2.05, 4.69) is 34.4 Å². The molecular formula is C13H23N3O. The monoisotopic (exact) mass is 237 g/mol. The minimum atomic E-state index is 0.400. The first-order valence-corrected chi connectivity index (χ1v) is 6.48. The van der Waals surface area contributed by atoms with Crippen molar-refractivity contribution < 1.29 is 4.74 Å². The molecule has 4 nitrogen and oxygen atoms in total. The van der Waals surface area contributed by atoms with Gasteiger partial charge in [0, 0.05) is 44.5 Å². The Kier molecular flexibility index (Phi) is 5.04. The highest BCUT2D eigenvalue weighted by Crippen LogP contribution is 2.03. The van der Waals surface area contributed by atoms with E-state index in [1.54, 1.807) is 0 Å². The molecule has 1 fully saturated rings. The summed E-state index contributed by atoms with van der Waals surface area (Å²) in [6, 6.07) is 4.19. The van der Waals surface area contributed by atoms with Crippen molar-refractivity contribution in [2.75, 3.05) is 39.8 Å². The maximum absolute atomic E-state index is 5.68. The van der Waals surface area contributed by atoms with Crippen molar-refractivity contribution >= 4 is 0 Å². The highest BCUT2D eigenvalue weighted by atomic mass is 16.5. The molecule has 17 heavy (non-hydrogen) atoms. The van der Waals surface area contributed by atoms with Gasteiger partial charge in [0.2, 0.25) is 0 Å². The Bertz CT molecular complexity index is 294. The van der Waals surface area contributed by atoms with E-state index in [1.165, 1.54) is 5.69 Å². The van der Waals surface area contributed by atoms with Gasteiger partial charge in [-0.15, -0.1) is 0 Å². The summed E-state index contributed by atoms with van der Waals surface area (Å²) in [6.45, 7) is 5.06. The molecule has 1 saturated heterocycles. The lowest BCUT2D eigenvalue weighted by molar-refractivity contribution is 0.0188. The standard InChI is InChI=1S/C13H23N3O/c1-16(8-4-12-3-2-6-15-12)9-5-13-11-14-7-10-17-13/h2-3,6,13-15H,4-5,7-11H2,1H3. The first-order valence-electron chi connectivity index (χ1n) is 6.48. The van der Waals surface area contributed by atoms with Crippen LogP contribution >= 0.6 is 0 Å². The summed E-state index contributed by atoms with van der Waals surface area (Å²) in [5.41, 5.74) is 1.31. The van der Waals surface area contributed by atoms with Crippen LogP contribution in [-0.2, 0) is 11.2 Å². The Morgan fingerprint density at radius 3 is 3.12 bits per heavy atom. The number of morpholine rings is 1. The molecule has 0 radical (unpaired) electrons. The lowest BCUT2D eigenvalue weighted by atomic mass is 10.2. The first-order chi connectivity index (χ1) is 8.34. The Labute approximate surface area is 103 Å². The molecule has 0 saturated carbocycles. The molecule has 1 unspecified atom stereocenters. The second kappa shape index (κ2) is 6.79. The topological polar surface area (TPSA) is 40.3 Å². The van der Waals surface area contributed by atoms with Gasteiger partial charge >= 0.3 is 0 Å². The SMILES string of the molecule is CN(CCc1ccc[nH]1)CCC1CNCCO1. The van der Waals surface area contributed by atoms with Crippen molar-refractivity contribution in [3.05, 3.63) is 24.0 Å². The van der Waals surface area contributed by atoms with E-state index in [0.717, 1.165) is 45.6 Å². The summed E-state index contributed by atoms with van der Waals surface area (Å²) in [5, 5.41) is 3.36. The maximum Gasteiger partial charge on any atom is 0.0712 e. The number of aromatic nitrogens is 1. The van der Waals surface area contributed by atoms with Crippen LogP contribution in [0.3, 0.4) is 0 Å². The molecule has 1 aliphatic rings. The van der Waals surface area contributed by atoms with Crippen LogP contribution in [0.5, 0.6) is 0 Å². The Hall–Kier alpha value is -0.840. The second-order valence-corrected chi connectivity index (χ2v) is 4.73. The zero-order chi connectivity index (χ0) is 11.9. The minimum Gasteiger partial charge on any atom is -0.376 e. The van der Waals surface area contributed by atoms with Gasteiger partial charge in [0.15, 0.2) is 0 Å². The Morgan fingerprint density at radius 1 is 1.47 bits per heavy atom. The van der Waals surface area contributed by atoms with Crippen molar-refractivity contribution in [1.29, 1.82) is 0 Å². The van der Waals surface area contributed by atoms with Crippen molar-refractivity contribution in [3.8, 4) is 0 Å². The summed E-state index contributed by atoms with van der Waals surface area (Å²) in [4.78, 5) is 5.61. The third-order valence-corrected chi connectivity index (χ3v) is 3.26. The van der Waals surface area contributed by atoms with Crippen molar-refractivity contribution in [1.82, 2.24) is 15.2 Å². The van der Waals surface area contributed by atoms with E-state index in [1.807, 2.05) is 6.20 Å². The molecule has 1 aromatic heterocycles. The summed E-state index contributed by atoms with van der Waals surface area (Å²) in [5.74, 6) is 0. The number of H-pyrrole nitrogens is 1. The van der Waals surface area contributed by atoms with Crippen LogP contribution in [-0.4, -0.2) is 55.8 Å². The highest BCUT2D eigenvalue weighted by Gasteiger charge is 2.13. The van der Waals surface area contributed by atoms with E-state index in [0.29, 0.717) is 6.10 Å². The molecule has 0 spiro atoms. The van der Waals surface area contributed by atoms with Gasteiger partial charge in [-0.2, -0.15) is 0 Å². The van der Waals surface area contributed by atoms with Crippen LogP contribution in [0, 0.1) is 0 Å². The van der Waals surface area contributed by atoms with Crippen LogP contribution in [0.25, 0.3) is 0 Å². The number of likely N-dealkylation sites (N-methyl/N-ethyl adjacent to an activating group) is 1. The summed E-state index contributed by atoms with van der Waals surface area (Å²) in [7, 11) is 2.18. The molecule has 4 heteroatoms. The normalized spacial score (nSPS) is 20.9. The molecule has 1 atom stereocenters. The quantitative estimate of drug-likeness (QED) is 0.771. The van der Waals surface area contributed by atoms with Gasteiger partial charge in [0.1, 0.15) is 0 Å². The number of ether oxygens (including phenoxy) is 1. The lowest BCUT2D eigenvalue weighted by Crippen LogP contribution is -2.40. The van der Waals surface area contributed by atoms with E-state index in [-0.39, 0.29) is 0 Å². The fourth-order valence-corrected chi connectivity index (χ4v) is 2.12. The van der Waals surface area contributed by atoms with Crippen LogP contribution in [0.2, 0.25) is 0 Å². The van der Waals surface area contributed by atoms with Crippen LogP contribution in [0.1, 0.15) is 12.1 Å². The fourth-order valence-electron chi connectivity index (χ4n) is 2.12. The molecule has 1 aromatic rings. The number of rotatable bonds is 6. The van der Waals surface area contributed by atoms with Gasteiger partial charge in [0.25, 0.3) is 0 Å². The van der Waals surface area contributed by atoms with E-state index < -0.39 is 0 Å². The lowest BCUT2D eigenvalue weighted by Gasteiger charge is -2.25. The third kappa shape index (κ3) is 4.50. The number of hydrogen-bond donors (Lipinski definition) is 2. The van der Waals surface area contributed by atoms with Crippen molar-refractivity contribution in [2.24, 2.45) is 0 Å². The highest BCUT2D eigenvalue weighted by molar-refractivity contribution is 5.03. The van der Waals surface area contributed by atoms with E-state index in [9.17, 15) is 0 Å². The van der Waals surface area contributed by atoms with Gasteiger partial charge in [-0.3, -0.25) is 0 Å². The van der Waals surface area contributed by atoms with Crippen molar-refractivity contribution in [3.63, 3.8) is 0 Å². The van der Waals surface area contributed by atoms with Crippen molar-refractivity contribution in [2.45, 2.75) is 18.9 Å². The van der Waals surface area contributed by atoms with Gasteiger partial charge in [-0.1, -0.05) is 0 Å². The fraction of sp³-hybridized carbons (Fsp3) is 0.692. The molecule has 96 valence electrons. The van der Waals surface area contributed by atoms with Crippen LogP contribution in [0.4, 0.5) is 0 Å². The number of nitrogens with zero attached hydrogens (tertiary/aromatic N) is 1. The number of nitrogens with one attached hydrogen (secondary N) is 2. The predicted molar refractivity (Wildman–Crippen MR) is 69.2 cm³/mol. The average molecular weight is 237 g/mol. The molecular weight excluding hydrogens is 214 g/mol. The predicted octanol–water partition coefficient (Wildman–Crippen LogP) is 0.867. The van der Waals surface area contributed by atoms with Gasteiger partial charge in [0.05, 0.1) is 12.7 Å². The second-order valence-electron chi connectivity index (χ2n) is 4.73. The molecule has 0 aromatic carbocycles. The largest absolute Gasteiger partial charge is 0.376 e. The zero-order valence-electron chi connectivity index (χ0n) is 10.6. The third-order valence-electron chi connectivity index (χ3n) is 3.26. The van der Waals surface area contributed by atoms with Crippen LogP contribution < -0.4 is 5.32 Å². The summed E-state index contributed by atoms with van der Waals surface area (Å²) in [6.07, 6.45) is 4.59. The maximum atomic E-state index is 5.68. The van der Waals surface area contributed by atoms with Gasteiger partial charge < -0.3 is 19.9 Å². The smallest absolute Gasteiger partial charge is 0.0712 e. The minimum absolute atomic E-state index is 0.400. The summed E-state index contributed by atoms with van der Waals surface area (Å²) < 4.78 is 5.68. The van der Waals surface area contributed by atoms with Gasteiger partial charge in [-0.25, -0.2) is 0 Å². The van der Waals surface area contributed by atoms with E-state index >= 15 is 0 Å². The van der Waals surface area contributed by atoms with E-state index in [4.69, 9.17) is 4.74 Å².